The number of rotatable bonds is 4. The summed E-state index contributed by atoms with van der Waals surface area (Å²) in [5, 5.41) is 3.20. The smallest absolute Gasteiger partial charge is 0.400 e. The number of nitrogens with zero attached hydrogens (tertiary/aromatic N) is 1. The predicted molar refractivity (Wildman–Crippen MR) is 96.1 cm³/mol. The molecule has 0 spiro atoms. The summed E-state index contributed by atoms with van der Waals surface area (Å²) >= 11 is 0. The summed E-state index contributed by atoms with van der Waals surface area (Å²) in [4.78, 5) is 4.36. The predicted octanol–water partition coefficient (Wildman–Crippen LogP) is 2.51. The van der Waals surface area contributed by atoms with E-state index in [1.807, 2.05) is 27.0 Å². The molecule has 0 radical (unpaired) electrons. The van der Waals surface area contributed by atoms with Gasteiger partial charge in [0.25, 0.3) is 0 Å². The van der Waals surface area contributed by atoms with E-state index in [-0.39, 0.29) is 18.3 Å². The van der Waals surface area contributed by atoms with Crippen LogP contribution >= 0.6 is 0 Å². The van der Waals surface area contributed by atoms with Gasteiger partial charge in [-0.3, -0.25) is 0 Å². The molecular formula is C17H28BN3O2. The fourth-order valence-electron chi connectivity index (χ4n) is 2.68. The third-order valence-electron chi connectivity index (χ3n) is 4.74. The Bertz CT molecular complexity index is 587. The quantitative estimate of drug-likeness (QED) is 0.835. The number of likely N-dealkylation sites (N-methyl/N-ethyl adjacent to an activating group) is 1. The minimum Gasteiger partial charge on any atom is -0.400 e. The molecule has 0 saturated carbocycles. The first-order valence-corrected chi connectivity index (χ1v) is 8.02. The molecule has 6 heteroatoms. The SMILES string of the molecule is CNCC(=Cc1c(C)cc(N)nc1C)B1OC(C)(C)C(C)(C)O1. The second kappa shape index (κ2) is 6.26. The number of nitrogens with one attached hydrogen (secondary N) is 1. The topological polar surface area (TPSA) is 69.4 Å². The molecule has 0 unspecified atom stereocenters. The van der Waals surface area contributed by atoms with E-state index in [1.54, 1.807) is 0 Å². The van der Waals surface area contributed by atoms with Crippen LogP contribution in [-0.2, 0) is 9.31 Å². The van der Waals surface area contributed by atoms with Crippen LogP contribution in [0.5, 0.6) is 0 Å². The first-order chi connectivity index (χ1) is 10.6. The fourth-order valence-corrected chi connectivity index (χ4v) is 2.68. The van der Waals surface area contributed by atoms with Crippen molar-refractivity contribution in [3.8, 4) is 0 Å². The van der Waals surface area contributed by atoms with Gasteiger partial charge >= 0.3 is 7.12 Å². The number of nitrogen functional groups attached to an aromatic ring is 1. The van der Waals surface area contributed by atoms with Crippen molar-refractivity contribution in [1.82, 2.24) is 10.3 Å². The van der Waals surface area contributed by atoms with Crippen LogP contribution in [-0.4, -0.2) is 36.9 Å². The molecule has 5 nitrogen and oxygen atoms in total. The number of hydrogen-bond acceptors (Lipinski definition) is 5. The van der Waals surface area contributed by atoms with Crippen molar-refractivity contribution in [3.63, 3.8) is 0 Å². The Hall–Kier alpha value is -1.37. The molecular weight excluding hydrogens is 289 g/mol. The van der Waals surface area contributed by atoms with Gasteiger partial charge in [-0.25, -0.2) is 4.98 Å². The number of pyridine rings is 1. The van der Waals surface area contributed by atoms with Gasteiger partial charge in [-0.05, 0) is 71.3 Å². The highest BCUT2D eigenvalue weighted by molar-refractivity contribution is 6.56. The molecule has 1 aromatic rings. The molecule has 0 atom stereocenters. The molecule has 1 aliphatic heterocycles. The lowest BCUT2D eigenvalue weighted by molar-refractivity contribution is 0.00578. The molecule has 1 fully saturated rings. The molecule has 1 aromatic heterocycles. The van der Waals surface area contributed by atoms with E-state index in [0.717, 1.165) is 22.3 Å². The maximum Gasteiger partial charge on any atom is 0.491 e. The normalized spacial score (nSPS) is 20.1. The standard InChI is InChI=1S/C17H28BN3O2/c1-11-8-15(19)21-12(2)14(11)9-13(10-20-7)18-22-16(3,4)17(5,6)23-18/h8-9,20H,10H2,1-7H3,(H2,19,21). The first kappa shape index (κ1) is 18.0. The van der Waals surface area contributed by atoms with E-state index in [4.69, 9.17) is 15.0 Å². The van der Waals surface area contributed by atoms with Gasteiger partial charge in [0.2, 0.25) is 0 Å². The van der Waals surface area contributed by atoms with E-state index >= 15 is 0 Å². The van der Waals surface area contributed by atoms with Crippen molar-refractivity contribution in [2.24, 2.45) is 0 Å². The van der Waals surface area contributed by atoms with Crippen LogP contribution in [0.25, 0.3) is 6.08 Å². The monoisotopic (exact) mass is 317 g/mol. The molecule has 1 aliphatic rings. The maximum atomic E-state index is 6.18. The summed E-state index contributed by atoms with van der Waals surface area (Å²) in [6, 6.07) is 1.89. The Morgan fingerprint density at radius 2 is 1.83 bits per heavy atom. The van der Waals surface area contributed by atoms with E-state index in [0.29, 0.717) is 12.4 Å². The average molecular weight is 317 g/mol. The minimum absolute atomic E-state index is 0.353. The molecule has 0 aliphatic carbocycles. The molecule has 0 amide bonds. The van der Waals surface area contributed by atoms with Gasteiger partial charge in [0, 0.05) is 12.2 Å². The fraction of sp³-hybridized carbons (Fsp3) is 0.588. The van der Waals surface area contributed by atoms with Gasteiger partial charge in [-0.15, -0.1) is 0 Å². The highest BCUT2D eigenvalue weighted by Gasteiger charge is 2.52. The van der Waals surface area contributed by atoms with Crippen LogP contribution in [0.3, 0.4) is 0 Å². The number of aryl methyl sites for hydroxylation is 2. The largest absolute Gasteiger partial charge is 0.491 e. The van der Waals surface area contributed by atoms with Crippen molar-refractivity contribution >= 4 is 19.0 Å². The van der Waals surface area contributed by atoms with Crippen molar-refractivity contribution in [3.05, 3.63) is 28.4 Å². The van der Waals surface area contributed by atoms with Crippen molar-refractivity contribution in [1.29, 1.82) is 0 Å². The van der Waals surface area contributed by atoms with Crippen molar-refractivity contribution in [2.45, 2.75) is 52.7 Å². The van der Waals surface area contributed by atoms with Gasteiger partial charge in [-0.2, -0.15) is 0 Å². The number of anilines is 1. The Morgan fingerprint density at radius 3 is 2.30 bits per heavy atom. The van der Waals surface area contributed by atoms with Gasteiger partial charge in [-0.1, -0.05) is 6.08 Å². The molecule has 0 aromatic carbocycles. The highest BCUT2D eigenvalue weighted by atomic mass is 16.7. The lowest BCUT2D eigenvalue weighted by Crippen LogP contribution is -2.41. The maximum absolute atomic E-state index is 6.18. The Labute approximate surface area is 139 Å². The van der Waals surface area contributed by atoms with Crippen LogP contribution in [0.4, 0.5) is 5.82 Å². The molecule has 2 rings (SSSR count). The van der Waals surface area contributed by atoms with E-state index in [2.05, 4.69) is 44.1 Å². The van der Waals surface area contributed by atoms with Gasteiger partial charge in [0.15, 0.2) is 0 Å². The Morgan fingerprint density at radius 1 is 1.26 bits per heavy atom. The van der Waals surface area contributed by atoms with E-state index < -0.39 is 0 Å². The number of hydrogen-bond donors (Lipinski definition) is 2. The number of nitrogens with two attached hydrogens (primary N) is 1. The molecule has 23 heavy (non-hydrogen) atoms. The lowest BCUT2D eigenvalue weighted by atomic mass is 9.76. The summed E-state index contributed by atoms with van der Waals surface area (Å²) < 4.78 is 12.4. The summed E-state index contributed by atoms with van der Waals surface area (Å²) in [7, 11) is 1.55. The van der Waals surface area contributed by atoms with Crippen molar-refractivity contribution < 1.29 is 9.31 Å². The van der Waals surface area contributed by atoms with Gasteiger partial charge in [0.05, 0.1) is 11.2 Å². The molecule has 0 bridgehead atoms. The first-order valence-electron chi connectivity index (χ1n) is 8.02. The van der Waals surface area contributed by atoms with Crippen LogP contribution in [0.15, 0.2) is 11.5 Å². The summed E-state index contributed by atoms with van der Waals surface area (Å²) in [6.45, 7) is 12.9. The Balaban J connectivity index is 2.41. The van der Waals surface area contributed by atoms with E-state index in [1.165, 1.54) is 0 Å². The van der Waals surface area contributed by atoms with Crippen molar-refractivity contribution in [2.75, 3.05) is 19.3 Å². The molecule has 126 valence electrons. The summed E-state index contributed by atoms with van der Waals surface area (Å²) in [6.07, 6.45) is 2.11. The average Bonchev–Trinajstić information content (AvgIpc) is 2.61. The third kappa shape index (κ3) is 3.60. The van der Waals surface area contributed by atoms with Crippen LogP contribution in [0, 0.1) is 13.8 Å². The third-order valence-corrected chi connectivity index (χ3v) is 4.74. The summed E-state index contributed by atoms with van der Waals surface area (Å²) in [5.74, 6) is 0.544. The molecule has 1 saturated heterocycles. The van der Waals surface area contributed by atoms with Crippen LogP contribution in [0.2, 0.25) is 0 Å². The number of aromatic nitrogens is 1. The van der Waals surface area contributed by atoms with Crippen LogP contribution < -0.4 is 11.1 Å². The second-order valence-electron chi connectivity index (χ2n) is 7.20. The van der Waals surface area contributed by atoms with Gasteiger partial charge in [0.1, 0.15) is 5.82 Å². The zero-order chi connectivity index (χ0) is 17.4. The zero-order valence-corrected chi connectivity index (χ0v) is 15.3. The minimum atomic E-state index is -0.371. The zero-order valence-electron chi connectivity index (χ0n) is 15.3. The molecule has 2 heterocycles. The highest BCUT2D eigenvalue weighted by Crippen LogP contribution is 2.38. The lowest BCUT2D eigenvalue weighted by Gasteiger charge is -2.32. The summed E-state index contributed by atoms with van der Waals surface area (Å²) in [5.41, 5.74) is 9.23. The second-order valence-corrected chi connectivity index (χ2v) is 7.20. The van der Waals surface area contributed by atoms with E-state index in [9.17, 15) is 0 Å². The van der Waals surface area contributed by atoms with Crippen LogP contribution in [0.1, 0.15) is 44.5 Å². The van der Waals surface area contributed by atoms with Gasteiger partial charge < -0.3 is 20.4 Å². The molecule has 3 N–H and O–H groups in total. The Kier molecular flexibility index (Phi) is 4.90.